The van der Waals surface area contributed by atoms with Crippen molar-refractivity contribution < 1.29 is 24.3 Å². The number of fused-ring (bicyclic) bond motifs is 1. The number of urea groups is 1. The van der Waals surface area contributed by atoms with Gasteiger partial charge in [-0.15, -0.1) is 0 Å². The molecule has 0 saturated heterocycles. The third-order valence-corrected chi connectivity index (χ3v) is 6.45. The molecule has 4 rings (SSSR count). The Labute approximate surface area is 237 Å². The Morgan fingerprint density at radius 3 is 2.24 bits per heavy atom. The number of benzene rings is 3. The van der Waals surface area contributed by atoms with Crippen molar-refractivity contribution in [2.75, 3.05) is 16.0 Å². The molecule has 0 spiro atoms. The van der Waals surface area contributed by atoms with Gasteiger partial charge in [0.25, 0.3) is 0 Å². The fraction of sp³-hybridized carbons (Fsp3) is 0.226. The van der Waals surface area contributed by atoms with Gasteiger partial charge in [0, 0.05) is 28.0 Å². The summed E-state index contributed by atoms with van der Waals surface area (Å²) >= 11 is 0. The number of H-pyrrole nitrogens is 1. The zero-order valence-electron chi connectivity index (χ0n) is 23.1. The Morgan fingerprint density at radius 1 is 0.854 bits per heavy atom. The van der Waals surface area contributed by atoms with Gasteiger partial charge in [0.15, 0.2) is 0 Å². The number of rotatable bonds is 10. The van der Waals surface area contributed by atoms with E-state index in [4.69, 9.17) is 0 Å². The molecule has 1 heterocycles. The predicted molar refractivity (Wildman–Crippen MR) is 159 cm³/mol. The average Bonchev–Trinajstić information content (AvgIpc) is 3.34. The number of hydrogen-bond donors (Lipinski definition) is 6. The van der Waals surface area contributed by atoms with Gasteiger partial charge in [-0.25, -0.2) is 9.59 Å². The lowest BCUT2D eigenvalue weighted by molar-refractivity contribution is -0.126. The van der Waals surface area contributed by atoms with Gasteiger partial charge >= 0.3 is 12.0 Å². The minimum atomic E-state index is -1.07. The highest BCUT2D eigenvalue weighted by molar-refractivity contribution is 6.01. The summed E-state index contributed by atoms with van der Waals surface area (Å²) < 4.78 is 0. The van der Waals surface area contributed by atoms with E-state index < -0.39 is 12.0 Å². The maximum absolute atomic E-state index is 13.1. The maximum Gasteiger partial charge on any atom is 0.352 e. The number of anilines is 3. The molecule has 0 radical (unpaired) electrons. The summed E-state index contributed by atoms with van der Waals surface area (Å²) in [5.74, 6) is -1.59. The molecule has 0 fully saturated rings. The van der Waals surface area contributed by atoms with Crippen molar-refractivity contribution in [2.24, 2.45) is 5.92 Å². The molecule has 41 heavy (non-hydrogen) atoms. The van der Waals surface area contributed by atoms with Crippen LogP contribution in [0.4, 0.5) is 21.9 Å². The fourth-order valence-electron chi connectivity index (χ4n) is 4.39. The predicted octanol–water partition coefficient (Wildman–Crippen LogP) is 5.53. The number of aryl methyl sites for hydroxylation is 1. The summed E-state index contributed by atoms with van der Waals surface area (Å²) in [6.45, 7) is 5.84. The van der Waals surface area contributed by atoms with Crippen LogP contribution in [-0.4, -0.2) is 39.9 Å². The first-order valence-electron chi connectivity index (χ1n) is 13.3. The SMILES string of the molecule is Cc1ccccc1NC(=O)Nc1ccc(CC(=O)N[C@@H](CC(C)C)C(=O)Nc2ccc3[nH]c(C(=O)O)cc3c2)cc1. The van der Waals surface area contributed by atoms with E-state index in [2.05, 4.69) is 26.3 Å². The van der Waals surface area contributed by atoms with Crippen LogP contribution in [0, 0.1) is 12.8 Å². The zero-order chi connectivity index (χ0) is 29.5. The second kappa shape index (κ2) is 12.8. The number of aromatic nitrogens is 1. The molecule has 0 aliphatic rings. The third kappa shape index (κ3) is 7.95. The van der Waals surface area contributed by atoms with Crippen LogP contribution in [0.15, 0.2) is 72.8 Å². The van der Waals surface area contributed by atoms with Crippen LogP contribution >= 0.6 is 0 Å². The van der Waals surface area contributed by atoms with Gasteiger partial charge in [0.1, 0.15) is 11.7 Å². The van der Waals surface area contributed by atoms with Gasteiger partial charge in [0.05, 0.1) is 6.42 Å². The Bertz CT molecular complexity index is 1580. The number of carbonyl (C=O) groups excluding carboxylic acids is 3. The van der Waals surface area contributed by atoms with Crippen LogP contribution in [0.3, 0.4) is 0 Å². The summed E-state index contributed by atoms with van der Waals surface area (Å²) in [6, 6.07) is 19.8. The van der Waals surface area contributed by atoms with Crippen LogP contribution in [0.25, 0.3) is 10.9 Å². The Morgan fingerprint density at radius 2 is 1.56 bits per heavy atom. The number of nitrogens with one attached hydrogen (secondary N) is 5. The quantitative estimate of drug-likeness (QED) is 0.152. The molecule has 0 aliphatic heterocycles. The van der Waals surface area contributed by atoms with Gasteiger partial charge in [-0.1, -0.05) is 44.2 Å². The van der Waals surface area contributed by atoms with Gasteiger partial charge in [-0.3, -0.25) is 9.59 Å². The zero-order valence-corrected chi connectivity index (χ0v) is 23.1. The normalized spacial score (nSPS) is 11.6. The smallest absolute Gasteiger partial charge is 0.352 e. The minimum absolute atomic E-state index is 0.0581. The van der Waals surface area contributed by atoms with Crippen molar-refractivity contribution in [1.82, 2.24) is 10.3 Å². The standard InChI is InChI=1S/C31H33N5O5/c1-18(2)14-26(29(38)32-23-12-13-25-21(16-23)17-27(34-25)30(39)40)35-28(37)15-20-8-10-22(11-9-20)33-31(41)36-24-7-5-4-6-19(24)3/h4-13,16-18,26,34H,14-15H2,1-3H3,(H,32,38)(H,35,37)(H,39,40)(H2,33,36,41)/t26-/m0/s1. The van der Waals surface area contributed by atoms with Crippen molar-refractivity contribution >= 4 is 51.8 Å². The first-order valence-corrected chi connectivity index (χ1v) is 13.3. The number of amides is 4. The number of carboxylic acids is 1. The summed E-state index contributed by atoms with van der Waals surface area (Å²) in [5.41, 5.74) is 4.16. The van der Waals surface area contributed by atoms with Gasteiger partial charge in [-0.05, 0) is 72.9 Å². The molecule has 4 amide bonds. The van der Waals surface area contributed by atoms with Gasteiger partial charge in [-0.2, -0.15) is 0 Å². The molecule has 0 bridgehead atoms. The molecule has 1 atom stereocenters. The first-order chi connectivity index (χ1) is 19.6. The molecule has 0 aliphatic carbocycles. The van der Waals surface area contributed by atoms with Crippen LogP contribution in [-0.2, 0) is 16.0 Å². The second-order valence-electron chi connectivity index (χ2n) is 10.3. The van der Waals surface area contributed by atoms with E-state index >= 15 is 0 Å². The minimum Gasteiger partial charge on any atom is -0.477 e. The largest absolute Gasteiger partial charge is 0.477 e. The van der Waals surface area contributed by atoms with E-state index in [0.29, 0.717) is 28.7 Å². The van der Waals surface area contributed by atoms with Crippen molar-refractivity contribution in [2.45, 2.75) is 39.7 Å². The van der Waals surface area contributed by atoms with Crippen molar-refractivity contribution in [3.05, 3.63) is 89.6 Å². The topological polar surface area (TPSA) is 152 Å². The van der Waals surface area contributed by atoms with Crippen molar-refractivity contribution in [3.63, 3.8) is 0 Å². The fourth-order valence-corrected chi connectivity index (χ4v) is 4.39. The van der Waals surface area contributed by atoms with Gasteiger partial charge in [0.2, 0.25) is 11.8 Å². The molecular weight excluding hydrogens is 522 g/mol. The Balaban J connectivity index is 1.34. The number of carbonyl (C=O) groups is 4. The molecule has 0 saturated carbocycles. The summed E-state index contributed by atoms with van der Waals surface area (Å²) in [6.07, 6.45) is 0.497. The molecule has 10 nitrogen and oxygen atoms in total. The summed E-state index contributed by atoms with van der Waals surface area (Å²) in [4.78, 5) is 52.4. The number of aromatic carboxylic acids is 1. The molecule has 4 aromatic rings. The van der Waals surface area contributed by atoms with Crippen molar-refractivity contribution in [1.29, 1.82) is 0 Å². The average molecular weight is 556 g/mol. The Hall–Kier alpha value is -5.12. The molecule has 212 valence electrons. The van der Waals surface area contributed by atoms with Crippen LogP contribution in [0.2, 0.25) is 0 Å². The monoisotopic (exact) mass is 555 g/mol. The molecule has 0 unspecified atom stereocenters. The lowest BCUT2D eigenvalue weighted by Crippen LogP contribution is -2.45. The lowest BCUT2D eigenvalue weighted by Gasteiger charge is -2.20. The molecular formula is C31H33N5O5. The number of carboxylic acid groups (broad SMARTS) is 1. The van der Waals surface area contributed by atoms with E-state index in [1.54, 1.807) is 42.5 Å². The lowest BCUT2D eigenvalue weighted by atomic mass is 10.0. The van der Waals surface area contributed by atoms with E-state index in [-0.39, 0.29) is 35.9 Å². The number of aromatic amines is 1. The van der Waals surface area contributed by atoms with Crippen molar-refractivity contribution in [3.8, 4) is 0 Å². The van der Waals surface area contributed by atoms with E-state index in [9.17, 15) is 24.3 Å². The summed E-state index contributed by atoms with van der Waals surface area (Å²) in [5, 5.41) is 21.1. The van der Waals surface area contributed by atoms with Crippen LogP contribution in [0.5, 0.6) is 0 Å². The molecule has 10 heteroatoms. The highest BCUT2D eigenvalue weighted by Crippen LogP contribution is 2.21. The summed E-state index contributed by atoms with van der Waals surface area (Å²) in [7, 11) is 0. The van der Waals surface area contributed by atoms with E-state index in [1.807, 2.05) is 45.0 Å². The maximum atomic E-state index is 13.1. The number of para-hydroxylation sites is 1. The highest BCUT2D eigenvalue weighted by Gasteiger charge is 2.22. The number of hydrogen-bond acceptors (Lipinski definition) is 4. The van der Waals surface area contributed by atoms with Gasteiger partial charge < -0.3 is 31.4 Å². The second-order valence-corrected chi connectivity index (χ2v) is 10.3. The molecule has 6 N–H and O–H groups in total. The molecule has 1 aromatic heterocycles. The van der Waals surface area contributed by atoms with E-state index in [0.717, 1.165) is 16.8 Å². The first kappa shape index (κ1) is 28.9. The van der Waals surface area contributed by atoms with E-state index in [1.165, 1.54) is 6.07 Å². The Kier molecular flexibility index (Phi) is 9.03. The van der Waals surface area contributed by atoms with Crippen LogP contribution < -0.4 is 21.3 Å². The third-order valence-electron chi connectivity index (χ3n) is 6.45. The molecule has 3 aromatic carbocycles. The highest BCUT2D eigenvalue weighted by atomic mass is 16.4. The van der Waals surface area contributed by atoms with Crippen LogP contribution in [0.1, 0.15) is 41.9 Å².